The summed E-state index contributed by atoms with van der Waals surface area (Å²) in [4.78, 5) is 20.0. The molecule has 23 heavy (non-hydrogen) atoms. The van der Waals surface area contributed by atoms with E-state index in [2.05, 4.69) is 0 Å². The van der Waals surface area contributed by atoms with Crippen molar-refractivity contribution in [2.24, 2.45) is 0 Å². The van der Waals surface area contributed by atoms with Crippen molar-refractivity contribution in [3.8, 4) is 0 Å². The zero-order valence-electron chi connectivity index (χ0n) is 11.2. The monoisotopic (exact) mass is 452 g/mol. The van der Waals surface area contributed by atoms with Crippen LogP contribution in [0.3, 0.4) is 0 Å². The van der Waals surface area contributed by atoms with Crippen LogP contribution in [0.2, 0.25) is 0 Å². The molecule has 0 fully saturated rings. The summed E-state index contributed by atoms with van der Waals surface area (Å²) in [6.07, 6.45) is 0. The average molecular weight is 450 g/mol. The summed E-state index contributed by atoms with van der Waals surface area (Å²) in [7, 11) is 0. The van der Waals surface area contributed by atoms with E-state index in [0.29, 0.717) is 10.5 Å². The van der Waals surface area contributed by atoms with E-state index in [1.807, 2.05) is 0 Å². The third-order valence-electron chi connectivity index (χ3n) is 2.59. The fourth-order valence-corrected chi connectivity index (χ4v) is 6.81. The molecule has 0 radical (unpaired) electrons. The Morgan fingerprint density at radius 2 is 1.52 bits per heavy atom. The van der Waals surface area contributed by atoms with Gasteiger partial charge in [-0.25, -0.2) is 0 Å². The van der Waals surface area contributed by atoms with Crippen LogP contribution in [-0.2, 0) is 10.6 Å². The molecule has 0 aliphatic heterocycles. The number of nitrogens with zero attached hydrogens (tertiary/aromatic N) is 2. The van der Waals surface area contributed by atoms with Crippen molar-refractivity contribution in [3.05, 3.63) is 68.8 Å². The van der Waals surface area contributed by atoms with Crippen LogP contribution in [0.5, 0.6) is 0 Å². The van der Waals surface area contributed by atoms with E-state index >= 15 is 0 Å². The molecule has 2 atom stereocenters. The maximum absolute atomic E-state index is 12.2. The fraction of sp³-hybridized carbons (Fsp3) is 0. The molecular weight excluding hydrogens is 442 g/mol. The second-order valence-electron chi connectivity index (χ2n) is 4.02. The van der Waals surface area contributed by atoms with Gasteiger partial charge in [-0.2, -0.15) is 0 Å². The minimum absolute atomic E-state index is 0.291. The maximum atomic E-state index is 12.2. The molecule has 0 saturated heterocycles. The number of rotatable bonds is 6. The summed E-state index contributed by atoms with van der Waals surface area (Å²) in [5, 5.41) is 21.7. The van der Waals surface area contributed by atoms with E-state index in [0.717, 1.165) is 12.1 Å². The summed E-state index contributed by atoms with van der Waals surface area (Å²) in [6.45, 7) is 0. The number of nitro benzene ring substituents is 2. The molecule has 0 saturated carbocycles. The number of non-ortho nitro benzene ring substituents is 1. The summed E-state index contributed by atoms with van der Waals surface area (Å²) in [5.74, 6) is 0. The van der Waals surface area contributed by atoms with Gasteiger partial charge in [0.1, 0.15) is 0 Å². The third-order valence-corrected chi connectivity index (χ3v) is 8.66. The minimum atomic E-state index is -3.45. The topological polar surface area (TPSA) is 130 Å². The van der Waals surface area contributed by atoms with Gasteiger partial charge < -0.3 is 0 Å². The third kappa shape index (κ3) is 4.19. The van der Waals surface area contributed by atoms with Crippen molar-refractivity contribution in [2.45, 2.75) is 0 Å². The van der Waals surface area contributed by atoms with Crippen LogP contribution >= 0.6 is 0 Å². The zero-order chi connectivity index (χ0) is 17.0. The molecule has 0 N–H and O–H groups in total. The summed E-state index contributed by atoms with van der Waals surface area (Å²) in [6, 6.07) is 10.7. The van der Waals surface area contributed by atoms with E-state index in [9.17, 15) is 27.9 Å². The van der Waals surface area contributed by atoms with Gasteiger partial charge in [0.15, 0.2) is 0 Å². The fourth-order valence-electron chi connectivity index (χ4n) is 1.57. The summed E-state index contributed by atoms with van der Waals surface area (Å²) in [5.41, 5.74) is -1.19. The van der Waals surface area contributed by atoms with Crippen LogP contribution in [0.4, 0.5) is 11.4 Å². The van der Waals surface area contributed by atoms with Crippen LogP contribution in [0.1, 0.15) is 0 Å². The van der Waals surface area contributed by atoms with Crippen LogP contribution < -0.4 is 8.92 Å². The SMILES string of the molecule is O=[N+]([O-])c1ccc([Se](=O)O[Se](=O)c2ccccc2)c([N+](=O)[O-])c1. The van der Waals surface area contributed by atoms with E-state index < -0.39 is 49.5 Å². The van der Waals surface area contributed by atoms with Gasteiger partial charge >= 0.3 is 138 Å². The van der Waals surface area contributed by atoms with Crippen LogP contribution in [-0.4, -0.2) is 38.2 Å². The molecule has 2 rings (SSSR count). The van der Waals surface area contributed by atoms with Gasteiger partial charge in [-0.3, -0.25) is 0 Å². The Morgan fingerprint density at radius 1 is 0.870 bits per heavy atom. The molecule has 2 unspecified atom stereocenters. The van der Waals surface area contributed by atoms with Gasteiger partial charge in [-0.15, -0.1) is 0 Å². The number of nitro groups is 2. The Balaban J connectivity index is 2.30. The predicted molar refractivity (Wildman–Crippen MR) is 79.4 cm³/mol. The quantitative estimate of drug-likeness (QED) is 0.356. The van der Waals surface area contributed by atoms with Gasteiger partial charge in [-0.05, 0) is 0 Å². The van der Waals surface area contributed by atoms with Crippen molar-refractivity contribution < 1.29 is 20.4 Å². The molecule has 9 nitrogen and oxygen atoms in total. The molecule has 0 aliphatic carbocycles. The van der Waals surface area contributed by atoms with Crippen LogP contribution in [0.25, 0.3) is 0 Å². The van der Waals surface area contributed by atoms with Crippen molar-refractivity contribution in [2.75, 3.05) is 0 Å². The Bertz CT molecular complexity index is 810. The Labute approximate surface area is 138 Å². The molecule has 0 aromatic heterocycles. The normalized spacial score (nSPS) is 13.2. The number of benzene rings is 2. The number of hydrogen-bond acceptors (Lipinski definition) is 7. The van der Waals surface area contributed by atoms with Crippen molar-refractivity contribution in [1.29, 1.82) is 0 Å². The van der Waals surface area contributed by atoms with Crippen LogP contribution in [0, 0.1) is 20.2 Å². The second kappa shape index (κ2) is 7.40. The molecule has 0 amide bonds. The molecule has 120 valence electrons. The molecular formula is C12H8N2O7Se2. The average Bonchev–Trinajstić information content (AvgIpc) is 2.54. The Hall–Kier alpha value is -2.16. The van der Waals surface area contributed by atoms with Gasteiger partial charge in [0.25, 0.3) is 0 Å². The summed E-state index contributed by atoms with van der Waals surface area (Å²) >= 11 is -6.54. The molecule has 0 heterocycles. The van der Waals surface area contributed by atoms with Gasteiger partial charge in [0, 0.05) is 0 Å². The first-order valence-corrected chi connectivity index (χ1v) is 10.4. The van der Waals surface area contributed by atoms with E-state index in [-0.39, 0.29) is 4.46 Å². The predicted octanol–water partition coefficient (Wildman–Crippen LogP) is 0.471. The molecule has 0 aliphatic rings. The Morgan fingerprint density at radius 3 is 2.09 bits per heavy atom. The van der Waals surface area contributed by atoms with Crippen molar-refractivity contribution >= 4 is 48.6 Å². The molecule has 2 aromatic rings. The van der Waals surface area contributed by atoms with Crippen molar-refractivity contribution in [3.63, 3.8) is 0 Å². The first-order chi connectivity index (χ1) is 10.9. The van der Waals surface area contributed by atoms with E-state index in [1.54, 1.807) is 18.2 Å². The molecule has 0 bridgehead atoms. The second-order valence-corrected chi connectivity index (χ2v) is 9.67. The molecule has 0 spiro atoms. The Kier molecular flexibility index (Phi) is 5.54. The van der Waals surface area contributed by atoms with Gasteiger partial charge in [-0.1, -0.05) is 0 Å². The van der Waals surface area contributed by atoms with Crippen molar-refractivity contribution in [1.82, 2.24) is 0 Å². The molecule has 2 aromatic carbocycles. The summed E-state index contributed by atoms with van der Waals surface area (Å²) < 4.78 is 29.2. The van der Waals surface area contributed by atoms with Gasteiger partial charge in [0.2, 0.25) is 0 Å². The standard InChI is InChI=1S/C12H8N2O7Se2/c15-13(16)9-6-7-12(11(8-9)14(17)18)23(20)21-22(19)10-4-2-1-3-5-10/h1-8H. The van der Waals surface area contributed by atoms with E-state index in [1.165, 1.54) is 12.1 Å². The molecule has 11 heteroatoms. The van der Waals surface area contributed by atoms with Crippen LogP contribution in [0.15, 0.2) is 48.5 Å². The first kappa shape index (κ1) is 17.2. The van der Waals surface area contributed by atoms with E-state index in [4.69, 9.17) is 2.90 Å². The van der Waals surface area contributed by atoms with Gasteiger partial charge in [0.05, 0.1) is 0 Å². The first-order valence-electron chi connectivity index (χ1n) is 5.90. The zero-order valence-corrected chi connectivity index (χ0v) is 14.6. The number of hydrogen-bond donors (Lipinski definition) is 0.